The van der Waals surface area contributed by atoms with Gasteiger partial charge in [0, 0.05) is 49.7 Å². The number of thiol groups is 1. The molecule has 2 aromatic rings. The number of primary sulfonamides is 2. The number of ether oxygens (including phenoxy) is 12. The van der Waals surface area contributed by atoms with Gasteiger partial charge in [-0.15, -0.1) is 0 Å². The molecule has 0 spiro atoms. The summed E-state index contributed by atoms with van der Waals surface area (Å²) >= 11 is 4.04. The Hall–Kier alpha value is -4.60. The average molecular weight is 1260 g/mol. The number of carbonyl (C=O) groups excluding carboxylic acids is 4. The van der Waals surface area contributed by atoms with E-state index >= 15 is 0 Å². The molecular weight excluding hydrogens is 1170 g/mol. The number of carboxylic acid groups (broad SMARTS) is 1. The first kappa shape index (κ1) is 75.5. The molecule has 0 bridgehead atoms. The minimum Gasteiger partial charge on any atom is -0.480 e. The van der Waals surface area contributed by atoms with Gasteiger partial charge >= 0.3 is 5.97 Å². The third kappa shape index (κ3) is 43.1. The number of nitrogens with two attached hydrogens (primary N) is 2. The Bertz CT molecular complexity index is 2320. The van der Waals surface area contributed by atoms with Gasteiger partial charge in [-0.2, -0.15) is 12.6 Å². The van der Waals surface area contributed by atoms with Crippen LogP contribution in [0, 0.1) is 0 Å². The number of hydrogen-bond acceptors (Lipinski definition) is 24. The first-order valence-electron chi connectivity index (χ1n) is 27.0. The lowest BCUT2D eigenvalue weighted by Crippen LogP contribution is -2.46. The van der Waals surface area contributed by atoms with Crippen molar-refractivity contribution in [3.8, 4) is 0 Å². The molecule has 0 heterocycles. The van der Waals surface area contributed by atoms with Crippen molar-refractivity contribution < 1.29 is 103 Å². The molecule has 4 amide bonds. The largest absolute Gasteiger partial charge is 0.480 e. The summed E-state index contributed by atoms with van der Waals surface area (Å²) in [6.07, 6.45) is 0.314. The Labute approximate surface area is 497 Å². The number of sulfonamides is 2. The van der Waals surface area contributed by atoms with Crippen molar-refractivity contribution in [2.24, 2.45) is 10.3 Å². The van der Waals surface area contributed by atoms with E-state index in [0.717, 1.165) is 0 Å². The topological polar surface area (TPSA) is 391 Å². The standard InChI is InChI=1S/C51H86N8O22S3/c52-83(66,67)45-5-1-43(2-6-45)56-49(62)40-58(12-13-59(42-51(64)65)41-50(63)57-44-3-7-46(8-4-44)84(53,68)69)39-48(61)54-10-15-71-17-19-73-21-23-75-25-27-77-29-31-79-33-35-81-37-36-80-34-32-78-30-28-76-26-24-74-22-20-72-18-16-70-14-9-47(60)55-11-38-82/h1-8,82H,9-42H2,(H,54,61)(H,55,60)(H,56,62)(H,57,63)(H,64,65)(H2,52,66,67)(H2,53,68,69). The SMILES string of the molecule is NS(=O)(=O)c1ccc(NC(=O)CN(CCN(CC(=O)NCCOCCOCCOCCOCCOCCOCCOCCOCCOCCOCCOCCOCCC(=O)NCCS)CC(=O)Nc2ccc(S(N)(=O)=O)cc2)CC(=O)O)cc1. The van der Waals surface area contributed by atoms with Crippen LogP contribution in [-0.2, 0) is 101 Å². The third-order valence-corrected chi connectivity index (χ3v) is 12.8. The molecule has 2 aromatic carbocycles. The van der Waals surface area contributed by atoms with Crippen LogP contribution in [0.1, 0.15) is 6.42 Å². The quantitative estimate of drug-likeness (QED) is 0.0262. The van der Waals surface area contributed by atoms with E-state index < -0.39 is 56.8 Å². The number of amides is 4. The Kier molecular flexibility index (Phi) is 43.6. The van der Waals surface area contributed by atoms with E-state index in [1.54, 1.807) is 0 Å². The Balaban J connectivity index is 1.46. The molecule has 0 unspecified atom stereocenters. The van der Waals surface area contributed by atoms with E-state index in [0.29, 0.717) is 157 Å². The molecular formula is C51H86N8O22S3. The van der Waals surface area contributed by atoms with Crippen molar-refractivity contribution in [2.75, 3.05) is 227 Å². The van der Waals surface area contributed by atoms with Crippen LogP contribution < -0.4 is 31.5 Å². The lowest BCUT2D eigenvalue weighted by Gasteiger charge is -2.26. The predicted molar refractivity (Wildman–Crippen MR) is 308 cm³/mol. The summed E-state index contributed by atoms with van der Waals surface area (Å²) in [7, 11) is -7.95. The highest BCUT2D eigenvalue weighted by Crippen LogP contribution is 2.14. The highest BCUT2D eigenvalue weighted by atomic mass is 32.2. The maximum atomic E-state index is 13.1. The van der Waals surface area contributed by atoms with E-state index in [9.17, 15) is 45.9 Å². The summed E-state index contributed by atoms with van der Waals surface area (Å²) < 4.78 is 112. The third-order valence-electron chi connectivity index (χ3n) is 10.7. The lowest BCUT2D eigenvalue weighted by atomic mass is 10.3. The lowest BCUT2D eigenvalue weighted by molar-refractivity contribution is -0.139. The summed E-state index contributed by atoms with van der Waals surface area (Å²) in [5.74, 6) is -2.39. The molecule has 0 saturated heterocycles. The summed E-state index contributed by atoms with van der Waals surface area (Å²) in [5.41, 5.74) is 0.472. The van der Waals surface area contributed by atoms with Crippen molar-refractivity contribution >= 4 is 73.6 Å². The molecule has 33 heteroatoms. The van der Waals surface area contributed by atoms with Gasteiger partial charge in [0.15, 0.2) is 0 Å². The van der Waals surface area contributed by atoms with Crippen LogP contribution in [0.2, 0.25) is 0 Å². The van der Waals surface area contributed by atoms with Crippen LogP contribution in [0.3, 0.4) is 0 Å². The van der Waals surface area contributed by atoms with Gasteiger partial charge in [-0.3, -0.25) is 33.8 Å². The Morgan fingerprint density at radius 1 is 0.393 bits per heavy atom. The minimum absolute atomic E-state index is 0.0527. The zero-order valence-electron chi connectivity index (χ0n) is 47.5. The smallest absolute Gasteiger partial charge is 0.317 e. The van der Waals surface area contributed by atoms with Crippen molar-refractivity contribution in [1.82, 2.24) is 20.4 Å². The molecule has 0 aliphatic heterocycles. The summed E-state index contributed by atoms with van der Waals surface area (Å²) in [5, 5.41) is 30.4. The van der Waals surface area contributed by atoms with Gasteiger partial charge in [0.25, 0.3) is 0 Å². The fourth-order valence-corrected chi connectivity index (χ4v) is 7.80. The van der Waals surface area contributed by atoms with E-state index in [1.807, 2.05) is 0 Å². The van der Waals surface area contributed by atoms with Crippen LogP contribution in [0.25, 0.3) is 0 Å². The Morgan fingerprint density at radius 2 is 0.667 bits per heavy atom. The van der Waals surface area contributed by atoms with Crippen molar-refractivity contribution in [3.05, 3.63) is 48.5 Å². The van der Waals surface area contributed by atoms with E-state index in [-0.39, 0.29) is 79.6 Å². The van der Waals surface area contributed by atoms with Crippen LogP contribution in [-0.4, -0.2) is 278 Å². The molecule has 84 heavy (non-hydrogen) atoms. The first-order valence-corrected chi connectivity index (χ1v) is 30.8. The van der Waals surface area contributed by atoms with Gasteiger partial charge in [-0.05, 0) is 48.5 Å². The van der Waals surface area contributed by atoms with Gasteiger partial charge in [0.2, 0.25) is 43.7 Å². The molecule has 0 aliphatic rings. The van der Waals surface area contributed by atoms with Gasteiger partial charge in [0.05, 0.1) is 195 Å². The normalized spacial score (nSPS) is 11.8. The van der Waals surface area contributed by atoms with Crippen LogP contribution in [0.5, 0.6) is 0 Å². The number of benzene rings is 2. The van der Waals surface area contributed by atoms with Gasteiger partial charge in [-0.1, -0.05) is 0 Å². The van der Waals surface area contributed by atoms with Crippen molar-refractivity contribution in [2.45, 2.75) is 16.2 Å². The molecule has 2 rings (SSSR count). The molecule has 480 valence electrons. The molecule has 0 radical (unpaired) electrons. The van der Waals surface area contributed by atoms with Crippen LogP contribution >= 0.6 is 12.6 Å². The van der Waals surface area contributed by atoms with Crippen LogP contribution in [0.15, 0.2) is 58.3 Å². The highest BCUT2D eigenvalue weighted by molar-refractivity contribution is 7.89. The fraction of sp³-hybridized carbons (Fsp3) is 0.667. The molecule has 9 N–H and O–H groups in total. The summed E-state index contributed by atoms with van der Waals surface area (Å²) in [4.78, 5) is 64.5. The molecule has 0 saturated carbocycles. The number of aliphatic carboxylic acids is 1. The average Bonchev–Trinajstić information content (AvgIpc) is 3.59. The molecule has 30 nitrogen and oxygen atoms in total. The second kappa shape index (κ2) is 48.5. The number of rotatable bonds is 56. The summed E-state index contributed by atoms with van der Waals surface area (Å²) in [6.45, 7) is 8.26. The maximum Gasteiger partial charge on any atom is 0.317 e. The van der Waals surface area contributed by atoms with Gasteiger partial charge < -0.3 is 83.2 Å². The monoisotopic (exact) mass is 1260 g/mol. The zero-order valence-corrected chi connectivity index (χ0v) is 50.0. The van der Waals surface area contributed by atoms with E-state index in [4.69, 9.17) is 67.1 Å². The Morgan fingerprint density at radius 3 is 0.964 bits per heavy atom. The van der Waals surface area contributed by atoms with E-state index in [2.05, 4.69) is 33.9 Å². The zero-order chi connectivity index (χ0) is 61.4. The van der Waals surface area contributed by atoms with Crippen LogP contribution in [0.4, 0.5) is 11.4 Å². The number of nitrogens with zero attached hydrogens (tertiary/aromatic N) is 2. The fourth-order valence-electron chi connectivity index (χ4n) is 6.66. The number of nitrogens with one attached hydrogen (secondary N) is 4. The number of hydrogen-bond donors (Lipinski definition) is 8. The van der Waals surface area contributed by atoms with Crippen molar-refractivity contribution in [3.63, 3.8) is 0 Å². The first-order chi connectivity index (χ1) is 40.5. The number of carboxylic acids is 1. The molecule has 0 aromatic heterocycles. The number of carbonyl (C=O) groups is 5. The second-order valence-corrected chi connectivity index (χ2v) is 21.1. The highest BCUT2D eigenvalue weighted by Gasteiger charge is 2.20. The molecule has 0 aliphatic carbocycles. The second-order valence-electron chi connectivity index (χ2n) is 17.6. The van der Waals surface area contributed by atoms with Crippen molar-refractivity contribution in [1.29, 1.82) is 0 Å². The molecule has 0 atom stereocenters. The molecule has 0 fully saturated rings. The minimum atomic E-state index is -3.98. The van der Waals surface area contributed by atoms with Gasteiger partial charge in [0.1, 0.15) is 0 Å². The van der Waals surface area contributed by atoms with E-state index in [1.165, 1.54) is 58.3 Å². The summed E-state index contributed by atoms with van der Waals surface area (Å²) in [6, 6.07) is 10.1. The number of anilines is 2. The predicted octanol–water partition coefficient (Wildman–Crippen LogP) is -2.00. The van der Waals surface area contributed by atoms with Gasteiger partial charge in [-0.25, -0.2) is 27.1 Å². The maximum absolute atomic E-state index is 13.1.